The van der Waals surface area contributed by atoms with Crippen molar-refractivity contribution in [2.45, 2.75) is 57.7 Å². The van der Waals surface area contributed by atoms with Gasteiger partial charge in [-0.05, 0) is 37.7 Å². The maximum Gasteiger partial charge on any atom is 0.260 e. The predicted octanol–water partition coefficient (Wildman–Crippen LogP) is 4.15. The second-order valence-electron chi connectivity index (χ2n) is 6.35. The molecule has 0 amide bonds. The van der Waals surface area contributed by atoms with Gasteiger partial charge in [-0.25, -0.2) is 4.98 Å². The summed E-state index contributed by atoms with van der Waals surface area (Å²) in [6.07, 6.45) is 4.62. The number of hydrogen-bond donors (Lipinski definition) is 1. The number of hydrogen-bond acceptors (Lipinski definition) is 5. The Balaban J connectivity index is 1.85. The van der Waals surface area contributed by atoms with Gasteiger partial charge in [0.1, 0.15) is 4.83 Å². The minimum Gasteiger partial charge on any atom is -0.377 e. The summed E-state index contributed by atoms with van der Waals surface area (Å²) in [6.45, 7) is 7.38. The molecule has 3 rings (SSSR count). The molecule has 0 bridgehead atoms. The van der Waals surface area contributed by atoms with E-state index < -0.39 is 0 Å². The van der Waals surface area contributed by atoms with Crippen molar-refractivity contribution < 1.29 is 4.74 Å². The second-order valence-corrected chi connectivity index (χ2v) is 8.56. The summed E-state index contributed by atoms with van der Waals surface area (Å²) in [5.41, 5.74) is 1.19. The summed E-state index contributed by atoms with van der Waals surface area (Å²) in [6, 6.07) is 0. The van der Waals surface area contributed by atoms with Crippen LogP contribution in [0.4, 0.5) is 0 Å². The van der Waals surface area contributed by atoms with E-state index in [2.05, 4.69) is 30.7 Å². The zero-order valence-electron chi connectivity index (χ0n) is 14.0. The molecule has 0 aliphatic carbocycles. The molecule has 0 unspecified atom stereocenters. The Hall–Kier alpha value is -0.850. The van der Waals surface area contributed by atoms with Crippen molar-refractivity contribution in [2.24, 2.45) is 5.92 Å². The van der Waals surface area contributed by atoms with Crippen LogP contribution in [0.3, 0.4) is 0 Å². The molecule has 0 saturated carbocycles. The summed E-state index contributed by atoms with van der Waals surface area (Å²) in [5.74, 6) is 1.44. The van der Waals surface area contributed by atoms with Crippen molar-refractivity contribution >= 4 is 33.3 Å². The summed E-state index contributed by atoms with van der Waals surface area (Å²) in [4.78, 5) is 22.3. The number of rotatable bonds is 6. The Morgan fingerprint density at radius 2 is 2.35 bits per heavy atom. The van der Waals surface area contributed by atoms with Gasteiger partial charge >= 0.3 is 0 Å². The monoisotopic (exact) mass is 352 g/mol. The number of fused-ring (bicyclic) bond motifs is 1. The average Bonchev–Trinajstić information content (AvgIpc) is 3.14. The van der Waals surface area contributed by atoms with Gasteiger partial charge in [-0.2, -0.15) is 0 Å². The van der Waals surface area contributed by atoms with Crippen LogP contribution in [0.2, 0.25) is 0 Å². The topological polar surface area (TPSA) is 55.0 Å². The van der Waals surface area contributed by atoms with Crippen molar-refractivity contribution in [1.29, 1.82) is 0 Å². The lowest BCUT2D eigenvalue weighted by Gasteiger charge is -2.09. The summed E-state index contributed by atoms with van der Waals surface area (Å²) in [5, 5.41) is 1.52. The van der Waals surface area contributed by atoms with E-state index in [1.807, 2.05) is 0 Å². The van der Waals surface area contributed by atoms with Crippen LogP contribution in [-0.4, -0.2) is 28.4 Å². The molecule has 1 fully saturated rings. The van der Waals surface area contributed by atoms with E-state index in [0.717, 1.165) is 48.3 Å². The lowest BCUT2D eigenvalue weighted by atomic mass is 9.98. The van der Waals surface area contributed by atoms with Crippen LogP contribution in [0.1, 0.15) is 43.6 Å². The highest BCUT2D eigenvalue weighted by Gasteiger charge is 2.19. The highest BCUT2D eigenvalue weighted by molar-refractivity contribution is 7.99. The number of thioether (sulfide) groups is 1. The van der Waals surface area contributed by atoms with Gasteiger partial charge in [0, 0.05) is 17.2 Å². The molecule has 0 spiro atoms. The lowest BCUT2D eigenvalue weighted by molar-refractivity contribution is 0.129. The standard InChI is InChI=1S/C17H24N2O2S2/c1-4-10(2)8-13-11(3)23-16-14(13)15(20)18-17(19-16)22-9-12-6-5-7-21-12/h10,12H,4-9H2,1-3H3,(H,18,19,20)/t10-,12+/m1/s1. The van der Waals surface area contributed by atoms with Crippen LogP contribution in [-0.2, 0) is 11.2 Å². The molecule has 1 saturated heterocycles. The first-order valence-corrected chi connectivity index (χ1v) is 10.1. The normalized spacial score (nSPS) is 19.5. The molecule has 2 aromatic heterocycles. The molecule has 23 heavy (non-hydrogen) atoms. The van der Waals surface area contributed by atoms with Crippen LogP contribution in [0.25, 0.3) is 10.2 Å². The summed E-state index contributed by atoms with van der Waals surface area (Å²) in [7, 11) is 0. The summed E-state index contributed by atoms with van der Waals surface area (Å²) >= 11 is 3.24. The van der Waals surface area contributed by atoms with Crippen LogP contribution < -0.4 is 5.56 Å². The molecule has 6 heteroatoms. The van der Waals surface area contributed by atoms with E-state index in [-0.39, 0.29) is 5.56 Å². The molecule has 1 aliphatic heterocycles. The maximum absolute atomic E-state index is 12.6. The highest BCUT2D eigenvalue weighted by Crippen LogP contribution is 2.31. The molecule has 0 aromatic carbocycles. The van der Waals surface area contributed by atoms with E-state index in [1.165, 1.54) is 10.4 Å². The van der Waals surface area contributed by atoms with Crippen molar-refractivity contribution in [3.8, 4) is 0 Å². The number of nitrogens with zero attached hydrogens (tertiary/aromatic N) is 1. The number of aromatic amines is 1. The van der Waals surface area contributed by atoms with Gasteiger partial charge in [0.2, 0.25) is 0 Å². The fourth-order valence-electron chi connectivity index (χ4n) is 2.91. The molecular formula is C17H24N2O2S2. The van der Waals surface area contributed by atoms with Gasteiger partial charge in [0.25, 0.3) is 5.56 Å². The molecule has 2 aromatic rings. The Bertz CT molecular complexity index is 732. The van der Waals surface area contributed by atoms with Gasteiger partial charge in [0.15, 0.2) is 5.16 Å². The molecule has 1 N–H and O–H groups in total. The number of H-pyrrole nitrogens is 1. The van der Waals surface area contributed by atoms with E-state index in [4.69, 9.17) is 4.74 Å². The van der Waals surface area contributed by atoms with Crippen LogP contribution >= 0.6 is 23.1 Å². The summed E-state index contributed by atoms with van der Waals surface area (Å²) < 4.78 is 5.63. The van der Waals surface area contributed by atoms with Gasteiger partial charge in [-0.3, -0.25) is 4.79 Å². The fourth-order valence-corrected chi connectivity index (χ4v) is 4.95. The van der Waals surface area contributed by atoms with Gasteiger partial charge in [-0.15, -0.1) is 11.3 Å². The third-order valence-corrected chi connectivity index (χ3v) is 6.57. The minimum atomic E-state index is 0.00694. The molecule has 3 heterocycles. The lowest BCUT2D eigenvalue weighted by Crippen LogP contribution is -2.13. The molecule has 1 aliphatic rings. The first kappa shape index (κ1) is 17.0. The largest absolute Gasteiger partial charge is 0.377 e. The highest BCUT2D eigenvalue weighted by atomic mass is 32.2. The predicted molar refractivity (Wildman–Crippen MR) is 97.8 cm³/mol. The minimum absolute atomic E-state index is 0.00694. The van der Waals surface area contributed by atoms with Gasteiger partial charge in [-0.1, -0.05) is 32.0 Å². The van der Waals surface area contributed by atoms with E-state index >= 15 is 0 Å². The Morgan fingerprint density at radius 1 is 1.52 bits per heavy atom. The molecular weight excluding hydrogens is 328 g/mol. The second kappa shape index (κ2) is 7.36. The Kier molecular flexibility index (Phi) is 5.44. The smallest absolute Gasteiger partial charge is 0.260 e. The Morgan fingerprint density at radius 3 is 3.04 bits per heavy atom. The number of aryl methyl sites for hydroxylation is 1. The third-order valence-electron chi connectivity index (χ3n) is 4.52. The van der Waals surface area contributed by atoms with E-state index in [0.29, 0.717) is 17.2 Å². The van der Waals surface area contributed by atoms with Crippen molar-refractivity contribution in [1.82, 2.24) is 9.97 Å². The van der Waals surface area contributed by atoms with Crippen molar-refractivity contribution in [3.63, 3.8) is 0 Å². The molecule has 2 atom stereocenters. The fraction of sp³-hybridized carbons (Fsp3) is 0.647. The number of nitrogens with one attached hydrogen (secondary N) is 1. The zero-order chi connectivity index (χ0) is 16.4. The maximum atomic E-state index is 12.6. The first-order valence-electron chi connectivity index (χ1n) is 8.35. The van der Waals surface area contributed by atoms with Crippen LogP contribution in [0, 0.1) is 12.8 Å². The van der Waals surface area contributed by atoms with Crippen molar-refractivity contribution in [2.75, 3.05) is 12.4 Å². The first-order chi connectivity index (χ1) is 11.1. The van der Waals surface area contributed by atoms with Gasteiger partial charge < -0.3 is 9.72 Å². The molecule has 0 radical (unpaired) electrons. The van der Waals surface area contributed by atoms with Gasteiger partial charge in [0.05, 0.1) is 11.5 Å². The SMILES string of the molecule is CC[C@@H](C)Cc1c(C)sc2nc(SC[C@@H]3CCCO3)[nH]c(=O)c12. The number of ether oxygens (including phenoxy) is 1. The zero-order valence-corrected chi connectivity index (χ0v) is 15.6. The molecule has 4 nitrogen and oxygen atoms in total. The third kappa shape index (κ3) is 3.80. The quantitative estimate of drug-likeness (QED) is 0.627. The average molecular weight is 353 g/mol. The molecule has 126 valence electrons. The van der Waals surface area contributed by atoms with Crippen molar-refractivity contribution in [3.05, 3.63) is 20.8 Å². The number of thiophene rings is 1. The van der Waals surface area contributed by atoms with Crippen LogP contribution in [0.15, 0.2) is 9.95 Å². The van der Waals surface area contributed by atoms with E-state index in [9.17, 15) is 4.79 Å². The number of aromatic nitrogens is 2. The Labute approximate surface area is 145 Å². The van der Waals surface area contributed by atoms with Crippen LogP contribution in [0.5, 0.6) is 0 Å². The van der Waals surface area contributed by atoms with E-state index in [1.54, 1.807) is 23.1 Å².